The van der Waals surface area contributed by atoms with Crippen molar-refractivity contribution < 1.29 is 9.13 Å². The van der Waals surface area contributed by atoms with E-state index in [9.17, 15) is 4.39 Å². The summed E-state index contributed by atoms with van der Waals surface area (Å²) in [6.45, 7) is 4.16. The average Bonchev–Trinajstić information content (AvgIpc) is 3.51. The van der Waals surface area contributed by atoms with E-state index < -0.39 is 0 Å². The highest BCUT2D eigenvalue weighted by molar-refractivity contribution is 5.98. The van der Waals surface area contributed by atoms with Gasteiger partial charge >= 0.3 is 0 Å². The Morgan fingerprint density at radius 3 is 2.70 bits per heavy atom. The number of para-hydroxylation sites is 1. The molecule has 0 saturated heterocycles. The maximum absolute atomic E-state index is 14.2. The Kier molecular flexibility index (Phi) is 5.52. The second kappa shape index (κ2) is 9.02. The molecule has 0 aliphatic heterocycles. The molecule has 3 N–H and O–H groups in total. The number of anilines is 1. The molecule has 0 aliphatic rings. The molecule has 0 saturated carbocycles. The van der Waals surface area contributed by atoms with E-state index in [0.717, 1.165) is 38.9 Å². The highest BCUT2D eigenvalue weighted by Gasteiger charge is 2.17. The Bertz CT molecular complexity index is 1760. The van der Waals surface area contributed by atoms with Gasteiger partial charge in [-0.05, 0) is 49.7 Å². The van der Waals surface area contributed by atoms with Crippen molar-refractivity contribution >= 4 is 27.6 Å². The Balaban J connectivity index is 1.45. The minimum Gasteiger partial charge on any atom is -0.497 e. The molecule has 2 aromatic carbocycles. The molecular weight excluding hydrogens is 469 g/mol. The number of pyridine rings is 2. The Morgan fingerprint density at radius 1 is 0.973 bits per heavy atom. The number of benzene rings is 2. The number of imidazole rings is 1. The maximum atomic E-state index is 14.2. The minimum atomic E-state index is -0.373. The summed E-state index contributed by atoms with van der Waals surface area (Å²) in [5.74, 6) is 0.674. The van der Waals surface area contributed by atoms with E-state index in [1.165, 1.54) is 19.2 Å². The largest absolute Gasteiger partial charge is 0.497 e. The van der Waals surface area contributed by atoms with Gasteiger partial charge in [0.1, 0.15) is 17.3 Å². The van der Waals surface area contributed by atoms with Gasteiger partial charge in [-0.1, -0.05) is 12.1 Å². The predicted molar refractivity (Wildman–Crippen MR) is 143 cm³/mol. The lowest BCUT2D eigenvalue weighted by Crippen LogP contribution is -2.09. The number of ether oxygens (including phenoxy) is 1. The van der Waals surface area contributed by atoms with Gasteiger partial charge in [-0.2, -0.15) is 5.10 Å². The fourth-order valence-corrected chi connectivity index (χ4v) is 4.46. The van der Waals surface area contributed by atoms with Crippen molar-refractivity contribution in [2.24, 2.45) is 0 Å². The molecule has 184 valence electrons. The third-order valence-corrected chi connectivity index (χ3v) is 6.09. The molecule has 0 fully saturated rings. The first-order valence-electron chi connectivity index (χ1n) is 11.9. The molecule has 0 spiro atoms. The Labute approximate surface area is 212 Å². The molecule has 6 aromatic rings. The number of nitrogens with zero attached hydrogens (tertiary/aromatic N) is 4. The van der Waals surface area contributed by atoms with Crippen LogP contribution in [0.3, 0.4) is 0 Å². The first-order chi connectivity index (χ1) is 18.0. The highest BCUT2D eigenvalue weighted by Crippen LogP contribution is 2.34. The third-order valence-electron chi connectivity index (χ3n) is 6.09. The molecule has 8 nitrogen and oxygen atoms in total. The van der Waals surface area contributed by atoms with Crippen LogP contribution in [0.2, 0.25) is 0 Å². The van der Waals surface area contributed by atoms with Gasteiger partial charge in [-0.25, -0.2) is 9.37 Å². The van der Waals surface area contributed by atoms with Crippen molar-refractivity contribution in [2.45, 2.75) is 19.9 Å². The van der Waals surface area contributed by atoms with Crippen LogP contribution in [0.15, 0.2) is 67.1 Å². The van der Waals surface area contributed by atoms with E-state index in [1.54, 1.807) is 24.7 Å². The molecule has 0 aliphatic carbocycles. The topological polar surface area (TPSA) is 104 Å². The summed E-state index contributed by atoms with van der Waals surface area (Å²) in [5, 5.41) is 11.8. The van der Waals surface area contributed by atoms with E-state index in [4.69, 9.17) is 9.72 Å². The SMILES string of the molecule is COc1cc(F)cc(-c2cccc3[nH]c(-c4n[nH]c5cnc(-c6cncc(NC(C)C)c6)cc45)nc23)c1. The Hall–Kier alpha value is -4.79. The van der Waals surface area contributed by atoms with Crippen LogP contribution in [-0.4, -0.2) is 43.3 Å². The summed E-state index contributed by atoms with van der Waals surface area (Å²) < 4.78 is 19.5. The van der Waals surface area contributed by atoms with Crippen LogP contribution in [0.4, 0.5) is 10.1 Å². The minimum absolute atomic E-state index is 0.291. The van der Waals surface area contributed by atoms with Crippen molar-refractivity contribution in [3.8, 4) is 39.7 Å². The van der Waals surface area contributed by atoms with E-state index >= 15 is 0 Å². The summed E-state index contributed by atoms with van der Waals surface area (Å²) in [5.41, 5.74) is 7.07. The van der Waals surface area contributed by atoms with Crippen molar-refractivity contribution in [3.63, 3.8) is 0 Å². The number of aromatic amines is 2. The number of H-pyrrole nitrogens is 2. The van der Waals surface area contributed by atoms with Gasteiger partial charge < -0.3 is 15.0 Å². The second-order valence-corrected chi connectivity index (χ2v) is 9.12. The van der Waals surface area contributed by atoms with E-state index in [0.29, 0.717) is 34.4 Å². The van der Waals surface area contributed by atoms with Crippen LogP contribution in [0.25, 0.3) is 55.8 Å². The fourth-order valence-electron chi connectivity index (χ4n) is 4.46. The lowest BCUT2D eigenvalue weighted by atomic mass is 10.0. The zero-order chi connectivity index (χ0) is 25.5. The number of methoxy groups -OCH3 is 1. The number of nitrogens with one attached hydrogen (secondary N) is 3. The molecule has 4 heterocycles. The molecule has 0 amide bonds. The van der Waals surface area contributed by atoms with Gasteiger partial charge in [-0.3, -0.25) is 15.1 Å². The molecule has 9 heteroatoms. The number of halogens is 1. The van der Waals surface area contributed by atoms with Crippen LogP contribution in [0.5, 0.6) is 5.75 Å². The molecular formula is C28H24FN7O. The van der Waals surface area contributed by atoms with Gasteiger partial charge in [0.05, 0.1) is 41.2 Å². The average molecular weight is 494 g/mol. The fraction of sp³-hybridized carbons (Fsp3) is 0.143. The van der Waals surface area contributed by atoms with E-state index in [2.05, 4.69) is 44.3 Å². The number of hydrogen-bond acceptors (Lipinski definition) is 6. The van der Waals surface area contributed by atoms with Crippen molar-refractivity contribution in [2.75, 3.05) is 12.4 Å². The van der Waals surface area contributed by atoms with E-state index in [-0.39, 0.29) is 5.82 Å². The summed E-state index contributed by atoms with van der Waals surface area (Å²) in [7, 11) is 1.52. The summed E-state index contributed by atoms with van der Waals surface area (Å²) in [6, 6.07) is 14.7. The van der Waals surface area contributed by atoms with Crippen LogP contribution >= 0.6 is 0 Å². The van der Waals surface area contributed by atoms with Gasteiger partial charge in [0.25, 0.3) is 0 Å². The summed E-state index contributed by atoms with van der Waals surface area (Å²) in [6.07, 6.45) is 5.35. The van der Waals surface area contributed by atoms with Crippen LogP contribution in [0, 0.1) is 5.82 Å². The monoisotopic (exact) mass is 493 g/mol. The lowest BCUT2D eigenvalue weighted by Gasteiger charge is -2.10. The smallest absolute Gasteiger partial charge is 0.159 e. The molecule has 37 heavy (non-hydrogen) atoms. The quantitative estimate of drug-likeness (QED) is 0.255. The van der Waals surface area contributed by atoms with Gasteiger partial charge in [0.2, 0.25) is 0 Å². The van der Waals surface area contributed by atoms with Gasteiger partial charge in [-0.15, -0.1) is 0 Å². The number of hydrogen-bond donors (Lipinski definition) is 3. The number of fused-ring (bicyclic) bond motifs is 2. The summed E-state index contributed by atoms with van der Waals surface area (Å²) >= 11 is 0. The molecule has 0 unspecified atom stereocenters. The number of rotatable bonds is 6. The molecule has 4 aromatic heterocycles. The van der Waals surface area contributed by atoms with Crippen molar-refractivity contribution in [1.29, 1.82) is 0 Å². The van der Waals surface area contributed by atoms with E-state index in [1.807, 2.05) is 30.3 Å². The van der Waals surface area contributed by atoms with Crippen LogP contribution in [0.1, 0.15) is 13.8 Å². The predicted octanol–water partition coefficient (Wildman–Crippen LogP) is 6.20. The number of aromatic nitrogens is 6. The van der Waals surface area contributed by atoms with Crippen LogP contribution < -0.4 is 10.1 Å². The lowest BCUT2D eigenvalue weighted by molar-refractivity contribution is 0.411. The summed E-state index contributed by atoms with van der Waals surface area (Å²) in [4.78, 5) is 17.2. The molecule has 6 rings (SSSR count). The third kappa shape index (κ3) is 4.24. The zero-order valence-electron chi connectivity index (χ0n) is 20.5. The molecule has 0 radical (unpaired) electrons. The van der Waals surface area contributed by atoms with Crippen molar-refractivity contribution in [1.82, 2.24) is 30.1 Å². The first-order valence-corrected chi connectivity index (χ1v) is 11.9. The maximum Gasteiger partial charge on any atom is 0.159 e. The standard InChI is InChI=1S/C28H24FN7O/c1-15(2)32-19-8-17(12-30-13-19)24-11-22-25(14-31-24)35-36-27(22)28-33-23-6-4-5-21(26(23)34-28)16-7-18(29)10-20(9-16)37-3/h4-15,32H,1-3H3,(H,33,34)(H,35,36). The van der Waals surface area contributed by atoms with Crippen molar-refractivity contribution in [3.05, 3.63) is 72.9 Å². The Morgan fingerprint density at radius 2 is 1.86 bits per heavy atom. The zero-order valence-corrected chi connectivity index (χ0v) is 20.5. The molecule has 0 atom stereocenters. The van der Waals surface area contributed by atoms with Crippen LogP contribution in [-0.2, 0) is 0 Å². The normalized spacial score (nSPS) is 11.5. The highest BCUT2D eigenvalue weighted by atomic mass is 19.1. The van der Waals surface area contributed by atoms with Gasteiger partial charge in [0.15, 0.2) is 5.82 Å². The van der Waals surface area contributed by atoms with Gasteiger partial charge in [0, 0.05) is 41.0 Å². The molecule has 0 bridgehead atoms. The second-order valence-electron chi connectivity index (χ2n) is 9.12. The first kappa shape index (κ1) is 22.7.